The summed E-state index contributed by atoms with van der Waals surface area (Å²) in [5.74, 6) is -0.216. The fraction of sp³-hybridized carbons (Fsp3) is 0.250. The molecule has 0 aliphatic heterocycles. The van der Waals surface area contributed by atoms with E-state index < -0.39 is 0 Å². The first-order chi connectivity index (χ1) is 9.11. The number of anilines is 2. The van der Waals surface area contributed by atoms with Crippen LogP contribution in [0.5, 0.6) is 0 Å². The van der Waals surface area contributed by atoms with Crippen LogP contribution in [0.4, 0.5) is 15.8 Å². The smallest absolute Gasteiger partial charge is 0.123 e. The Labute approximate surface area is 113 Å². The quantitative estimate of drug-likeness (QED) is 0.910. The van der Waals surface area contributed by atoms with Gasteiger partial charge >= 0.3 is 0 Å². The van der Waals surface area contributed by atoms with Gasteiger partial charge in [-0.3, -0.25) is 0 Å². The van der Waals surface area contributed by atoms with E-state index in [1.165, 1.54) is 23.3 Å². The van der Waals surface area contributed by atoms with Crippen LogP contribution in [0.25, 0.3) is 0 Å². The first kappa shape index (κ1) is 13.6. The number of rotatable bonds is 4. The van der Waals surface area contributed by atoms with E-state index in [0.29, 0.717) is 6.54 Å². The summed E-state index contributed by atoms with van der Waals surface area (Å²) in [6.45, 7) is 2.75. The lowest BCUT2D eigenvalue weighted by Gasteiger charge is -2.21. The summed E-state index contributed by atoms with van der Waals surface area (Å²) in [5, 5.41) is 0. The number of benzene rings is 2. The molecular formula is C16H19FN2. The summed E-state index contributed by atoms with van der Waals surface area (Å²) >= 11 is 0. The Kier molecular flexibility index (Phi) is 4.17. The van der Waals surface area contributed by atoms with Gasteiger partial charge in [0, 0.05) is 18.4 Å². The van der Waals surface area contributed by atoms with Gasteiger partial charge in [0.15, 0.2) is 0 Å². The lowest BCUT2D eigenvalue weighted by atomic mass is 10.0. The van der Waals surface area contributed by atoms with E-state index in [-0.39, 0.29) is 5.82 Å². The largest absolute Gasteiger partial charge is 0.345 e. The summed E-state index contributed by atoms with van der Waals surface area (Å²) in [5.41, 5.74) is 10.1. The second-order valence-electron chi connectivity index (χ2n) is 4.68. The van der Waals surface area contributed by atoms with Crippen LogP contribution in [0.3, 0.4) is 0 Å². The van der Waals surface area contributed by atoms with E-state index >= 15 is 0 Å². The number of hydrogen-bond donors (Lipinski definition) is 1. The average molecular weight is 258 g/mol. The van der Waals surface area contributed by atoms with Gasteiger partial charge in [-0.1, -0.05) is 6.07 Å². The van der Waals surface area contributed by atoms with Crippen LogP contribution >= 0.6 is 0 Å². The molecule has 2 aromatic rings. The third-order valence-corrected chi connectivity index (χ3v) is 3.34. The Bertz CT molecular complexity index is 549. The van der Waals surface area contributed by atoms with Crippen molar-refractivity contribution >= 4 is 11.4 Å². The van der Waals surface area contributed by atoms with Gasteiger partial charge < -0.3 is 10.6 Å². The van der Waals surface area contributed by atoms with Gasteiger partial charge in [-0.05, 0) is 67.4 Å². The zero-order valence-electron chi connectivity index (χ0n) is 11.4. The van der Waals surface area contributed by atoms with Crippen LogP contribution in [-0.4, -0.2) is 13.6 Å². The minimum atomic E-state index is -0.216. The van der Waals surface area contributed by atoms with E-state index in [1.807, 2.05) is 11.9 Å². The molecule has 0 bridgehead atoms. The van der Waals surface area contributed by atoms with Crippen molar-refractivity contribution in [2.24, 2.45) is 5.73 Å². The van der Waals surface area contributed by atoms with E-state index in [0.717, 1.165) is 17.8 Å². The van der Waals surface area contributed by atoms with Crippen LogP contribution < -0.4 is 10.6 Å². The number of aryl methyl sites for hydroxylation is 1. The maximum absolute atomic E-state index is 12.9. The minimum Gasteiger partial charge on any atom is -0.345 e. The van der Waals surface area contributed by atoms with Crippen LogP contribution in [0.15, 0.2) is 42.5 Å². The van der Waals surface area contributed by atoms with Gasteiger partial charge in [0.2, 0.25) is 0 Å². The molecule has 0 saturated heterocycles. The van der Waals surface area contributed by atoms with Crippen LogP contribution in [0.1, 0.15) is 11.1 Å². The SMILES string of the molecule is Cc1cc(N(C)c2ccc(F)cc2)ccc1CCN. The van der Waals surface area contributed by atoms with Crippen molar-refractivity contribution in [3.05, 3.63) is 59.4 Å². The lowest BCUT2D eigenvalue weighted by Crippen LogP contribution is -2.10. The maximum atomic E-state index is 12.9. The Morgan fingerprint density at radius 1 is 1.05 bits per heavy atom. The van der Waals surface area contributed by atoms with Crippen molar-refractivity contribution in [1.82, 2.24) is 0 Å². The van der Waals surface area contributed by atoms with Gasteiger partial charge in [-0.15, -0.1) is 0 Å². The molecule has 2 nitrogen and oxygen atoms in total. The van der Waals surface area contributed by atoms with Gasteiger partial charge in [-0.2, -0.15) is 0 Å². The number of halogens is 1. The summed E-state index contributed by atoms with van der Waals surface area (Å²) in [6.07, 6.45) is 0.895. The standard InChI is InChI=1S/C16H19FN2/c1-12-11-16(6-3-13(12)9-10-18)19(2)15-7-4-14(17)5-8-15/h3-8,11H,9-10,18H2,1-2H3. The summed E-state index contributed by atoms with van der Waals surface area (Å²) in [7, 11) is 1.98. The predicted molar refractivity (Wildman–Crippen MR) is 78.4 cm³/mol. The number of nitrogens with zero attached hydrogens (tertiary/aromatic N) is 1. The zero-order valence-corrected chi connectivity index (χ0v) is 11.4. The van der Waals surface area contributed by atoms with Crippen molar-refractivity contribution in [3.63, 3.8) is 0 Å². The van der Waals surface area contributed by atoms with Gasteiger partial charge in [0.05, 0.1) is 0 Å². The van der Waals surface area contributed by atoms with Crippen molar-refractivity contribution in [2.75, 3.05) is 18.5 Å². The molecule has 0 amide bonds. The van der Waals surface area contributed by atoms with Crippen molar-refractivity contribution in [2.45, 2.75) is 13.3 Å². The van der Waals surface area contributed by atoms with Gasteiger partial charge in [0.1, 0.15) is 5.82 Å². The molecule has 0 fully saturated rings. The Hall–Kier alpha value is -1.87. The topological polar surface area (TPSA) is 29.3 Å². The monoisotopic (exact) mass is 258 g/mol. The molecule has 0 saturated carbocycles. The zero-order chi connectivity index (χ0) is 13.8. The summed E-state index contributed by atoms with van der Waals surface area (Å²) < 4.78 is 12.9. The molecule has 0 aliphatic rings. The Morgan fingerprint density at radius 2 is 1.68 bits per heavy atom. The molecule has 2 aromatic carbocycles. The second-order valence-corrected chi connectivity index (χ2v) is 4.68. The predicted octanol–water partition coefficient (Wildman–Crippen LogP) is 3.40. The molecule has 0 radical (unpaired) electrons. The van der Waals surface area contributed by atoms with Crippen LogP contribution in [-0.2, 0) is 6.42 Å². The van der Waals surface area contributed by atoms with Crippen molar-refractivity contribution in [1.29, 1.82) is 0 Å². The molecule has 0 aliphatic carbocycles. The third-order valence-electron chi connectivity index (χ3n) is 3.34. The van der Waals surface area contributed by atoms with Crippen LogP contribution in [0.2, 0.25) is 0 Å². The first-order valence-electron chi connectivity index (χ1n) is 6.40. The van der Waals surface area contributed by atoms with Gasteiger partial charge in [0.25, 0.3) is 0 Å². The number of nitrogens with two attached hydrogens (primary N) is 1. The van der Waals surface area contributed by atoms with Gasteiger partial charge in [-0.25, -0.2) is 4.39 Å². The molecule has 0 atom stereocenters. The second kappa shape index (κ2) is 5.85. The van der Waals surface area contributed by atoms with Crippen LogP contribution in [0, 0.1) is 12.7 Å². The minimum absolute atomic E-state index is 0.216. The molecule has 0 unspecified atom stereocenters. The molecule has 0 heterocycles. The fourth-order valence-electron chi connectivity index (χ4n) is 2.14. The van der Waals surface area contributed by atoms with E-state index in [4.69, 9.17) is 5.73 Å². The molecule has 0 spiro atoms. The highest BCUT2D eigenvalue weighted by Gasteiger charge is 2.06. The van der Waals surface area contributed by atoms with E-state index in [9.17, 15) is 4.39 Å². The highest BCUT2D eigenvalue weighted by atomic mass is 19.1. The molecule has 2 rings (SSSR count). The normalized spacial score (nSPS) is 10.5. The van der Waals surface area contributed by atoms with Crippen molar-refractivity contribution in [3.8, 4) is 0 Å². The molecular weight excluding hydrogens is 239 g/mol. The lowest BCUT2D eigenvalue weighted by molar-refractivity contribution is 0.628. The van der Waals surface area contributed by atoms with Crippen molar-refractivity contribution < 1.29 is 4.39 Å². The van der Waals surface area contributed by atoms with E-state index in [2.05, 4.69) is 25.1 Å². The Balaban J connectivity index is 2.26. The Morgan fingerprint density at radius 3 is 2.26 bits per heavy atom. The van der Waals surface area contributed by atoms with E-state index in [1.54, 1.807) is 12.1 Å². The molecule has 3 heteroatoms. The maximum Gasteiger partial charge on any atom is 0.123 e. The fourth-order valence-corrected chi connectivity index (χ4v) is 2.14. The first-order valence-corrected chi connectivity index (χ1v) is 6.40. The third kappa shape index (κ3) is 3.12. The molecule has 2 N–H and O–H groups in total. The summed E-state index contributed by atoms with van der Waals surface area (Å²) in [6, 6.07) is 12.8. The average Bonchev–Trinajstić information content (AvgIpc) is 2.41. The molecule has 19 heavy (non-hydrogen) atoms. The highest BCUT2D eigenvalue weighted by Crippen LogP contribution is 2.25. The highest BCUT2D eigenvalue weighted by molar-refractivity contribution is 5.63. The number of hydrogen-bond acceptors (Lipinski definition) is 2. The molecule has 100 valence electrons. The molecule has 0 aromatic heterocycles. The summed E-state index contributed by atoms with van der Waals surface area (Å²) in [4.78, 5) is 2.04.